The van der Waals surface area contributed by atoms with E-state index in [1.54, 1.807) is 11.6 Å². The number of rotatable bonds is 5. The maximum absolute atomic E-state index is 11.0. The van der Waals surface area contributed by atoms with E-state index in [1.165, 1.54) is 15.7 Å². The van der Waals surface area contributed by atoms with Gasteiger partial charge in [0.2, 0.25) is 5.82 Å². The van der Waals surface area contributed by atoms with E-state index < -0.39 is 11.0 Å². The Morgan fingerprint density at radius 1 is 1.67 bits per heavy atom. The van der Waals surface area contributed by atoms with E-state index in [0.717, 1.165) is 0 Å². The highest BCUT2D eigenvalue weighted by Crippen LogP contribution is 2.27. The molecule has 2 heterocycles. The van der Waals surface area contributed by atoms with Gasteiger partial charge < -0.3 is 20.5 Å². The number of imidazole rings is 1. The summed E-state index contributed by atoms with van der Waals surface area (Å²) in [5, 5.41) is 25.3. The van der Waals surface area contributed by atoms with Crippen LogP contribution in [0.15, 0.2) is 11.6 Å². The second kappa shape index (κ2) is 4.91. The molecule has 0 fully saturated rings. The monoisotopic (exact) mass is 270 g/mol. The molecule has 0 saturated heterocycles. The van der Waals surface area contributed by atoms with Gasteiger partial charge in [0, 0.05) is 11.9 Å². The molecule has 0 radical (unpaired) electrons. The number of nitrogens with one attached hydrogen (secondary N) is 1. The summed E-state index contributed by atoms with van der Waals surface area (Å²) in [5.74, 6) is 0.189. The molecule has 0 aliphatic carbocycles. The van der Waals surface area contributed by atoms with Gasteiger partial charge in [-0.15, -0.1) is 0 Å². The number of fused-ring (bicyclic) bond motifs is 1. The van der Waals surface area contributed by atoms with Gasteiger partial charge in [-0.3, -0.25) is 0 Å². The predicted molar refractivity (Wildman–Crippen MR) is 69.1 cm³/mol. The van der Waals surface area contributed by atoms with E-state index in [0.29, 0.717) is 4.96 Å². The summed E-state index contributed by atoms with van der Waals surface area (Å²) in [7, 11) is 0. The lowest BCUT2D eigenvalue weighted by Gasteiger charge is -2.14. The molecule has 0 aliphatic rings. The zero-order valence-corrected chi connectivity index (χ0v) is 10.8. The summed E-state index contributed by atoms with van der Waals surface area (Å²) in [6.07, 6.45) is 1.04. The molecular weight excluding hydrogens is 256 g/mol. The highest BCUT2D eigenvalue weighted by molar-refractivity contribution is 7.15. The fraction of sp³-hybridized carbons (Fsp3) is 0.500. The zero-order chi connectivity index (χ0) is 13.3. The molecule has 0 aliphatic heterocycles. The number of nitrogens with zero attached hydrogens (tertiary/aromatic N) is 3. The normalized spacial score (nSPS) is 13.1. The Hall–Kier alpha value is -1.67. The highest BCUT2D eigenvalue weighted by Gasteiger charge is 2.24. The standard InChI is InChI=1S/C10H14N4O3S/c1-6(2)7(15)5-11-8-9(14(16)17)13-3-4-18-10(13)12-8/h3-4,6-7,11,15H,5H2,1-2H3. The molecule has 2 aromatic heterocycles. The van der Waals surface area contributed by atoms with Gasteiger partial charge in [-0.2, -0.15) is 9.38 Å². The van der Waals surface area contributed by atoms with Crippen LogP contribution in [0.2, 0.25) is 0 Å². The van der Waals surface area contributed by atoms with Gasteiger partial charge in [0.1, 0.15) is 6.20 Å². The van der Waals surface area contributed by atoms with Crippen molar-refractivity contribution >= 4 is 27.9 Å². The van der Waals surface area contributed by atoms with E-state index >= 15 is 0 Å². The maximum Gasteiger partial charge on any atom is 0.372 e. The number of aliphatic hydroxyl groups excluding tert-OH is 1. The van der Waals surface area contributed by atoms with Gasteiger partial charge in [-0.05, 0) is 10.8 Å². The average Bonchev–Trinajstić information content (AvgIpc) is 2.83. The molecule has 2 N–H and O–H groups in total. The zero-order valence-electron chi connectivity index (χ0n) is 10.0. The molecule has 7 nitrogen and oxygen atoms in total. The van der Waals surface area contributed by atoms with E-state index in [1.807, 2.05) is 13.8 Å². The van der Waals surface area contributed by atoms with Crippen LogP contribution >= 0.6 is 11.3 Å². The second-order valence-corrected chi connectivity index (χ2v) is 5.16. The first-order chi connectivity index (χ1) is 8.50. The minimum Gasteiger partial charge on any atom is -0.391 e. The van der Waals surface area contributed by atoms with Gasteiger partial charge in [0.05, 0.1) is 6.10 Å². The van der Waals surface area contributed by atoms with Crippen LogP contribution in [-0.4, -0.2) is 32.1 Å². The van der Waals surface area contributed by atoms with Gasteiger partial charge in [-0.1, -0.05) is 25.2 Å². The van der Waals surface area contributed by atoms with Crippen LogP contribution in [-0.2, 0) is 0 Å². The number of thiazole rings is 1. The Labute approximate surface area is 107 Å². The third-order valence-corrected chi connectivity index (χ3v) is 3.41. The van der Waals surface area contributed by atoms with Crippen molar-refractivity contribution in [2.24, 2.45) is 5.92 Å². The third kappa shape index (κ3) is 2.29. The van der Waals surface area contributed by atoms with Crippen LogP contribution in [0.1, 0.15) is 13.8 Å². The van der Waals surface area contributed by atoms with Crippen LogP contribution in [0.25, 0.3) is 4.96 Å². The fourth-order valence-corrected chi connectivity index (χ4v) is 2.21. The average molecular weight is 270 g/mol. The first kappa shape index (κ1) is 12.8. The number of aromatic nitrogens is 2. The van der Waals surface area contributed by atoms with Crippen molar-refractivity contribution in [2.75, 3.05) is 11.9 Å². The van der Waals surface area contributed by atoms with Crippen LogP contribution in [0.5, 0.6) is 0 Å². The smallest absolute Gasteiger partial charge is 0.372 e. The predicted octanol–water partition coefficient (Wildman–Crippen LogP) is 1.73. The quantitative estimate of drug-likeness (QED) is 0.637. The Balaban J connectivity index is 2.24. The molecule has 0 saturated carbocycles. The Morgan fingerprint density at radius 3 is 3.00 bits per heavy atom. The first-order valence-corrected chi connectivity index (χ1v) is 6.40. The summed E-state index contributed by atoms with van der Waals surface area (Å²) >= 11 is 1.33. The molecule has 8 heteroatoms. The summed E-state index contributed by atoms with van der Waals surface area (Å²) < 4.78 is 1.43. The van der Waals surface area contributed by atoms with E-state index in [-0.39, 0.29) is 24.1 Å². The molecule has 0 aromatic carbocycles. The minimum absolute atomic E-state index is 0.0836. The molecule has 0 spiro atoms. The van der Waals surface area contributed by atoms with Gasteiger partial charge in [0.25, 0.3) is 4.96 Å². The van der Waals surface area contributed by atoms with Crippen molar-refractivity contribution in [2.45, 2.75) is 20.0 Å². The summed E-state index contributed by atoms with van der Waals surface area (Å²) in [4.78, 5) is 15.2. The minimum atomic E-state index is -0.565. The second-order valence-electron chi connectivity index (χ2n) is 4.29. The van der Waals surface area contributed by atoms with E-state index in [4.69, 9.17) is 0 Å². The maximum atomic E-state index is 11.0. The van der Waals surface area contributed by atoms with E-state index in [9.17, 15) is 15.2 Å². The van der Waals surface area contributed by atoms with E-state index in [2.05, 4.69) is 10.3 Å². The summed E-state index contributed by atoms with van der Waals surface area (Å²) in [5.41, 5.74) is 0. The van der Waals surface area contributed by atoms with Gasteiger partial charge >= 0.3 is 5.82 Å². The van der Waals surface area contributed by atoms with Gasteiger partial charge in [-0.25, -0.2) is 0 Å². The SMILES string of the molecule is CC(C)C(O)CNc1nc2sccn2c1[N+](=O)[O-]. The molecule has 1 atom stereocenters. The van der Waals surface area contributed by atoms with Crippen LogP contribution in [0.3, 0.4) is 0 Å². The largest absolute Gasteiger partial charge is 0.391 e. The number of nitro groups is 1. The number of hydrogen-bond donors (Lipinski definition) is 2. The van der Waals surface area contributed by atoms with Crippen molar-refractivity contribution < 1.29 is 10.0 Å². The van der Waals surface area contributed by atoms with Crippen LogP contribution in [0, 0.1) is 16.0 Å². The molecule has 2 aromatic rings. The van der Waals surface area contributed by atoms with Crippen molar-refractivity contribution in [3.05, 3.63) is 21.7 Å². The summed E-state index contributed by atoms with van der Waals surface area (Å²) in [6.45, 7) is 4.00. The number of hydrogen-bond acceptors (Lipinski definition) is 6. The van der Waals surface area contributed by atoms with Crippen molar-refractivity contribution in [3.8, 4) is 0 Å². The number of anilines is 1. The Morgan fingerprint density at radius 2 is 2.39 bits per heavy atom. The third-order valence-electron chi connectivity index (χ3n) is 2.66. The molecule has 0 bridgehead atoms. The lowest BCUT2D eigenvalue weighted by molar-refractivity contribution is -0.389. The van der Waals surface area contributed by atoms with Crippen LogP contribution in [0.4, 0.5) is 11.6 Å². The molecule has 1 unspecified atom stereocenters. The number of aliphatic hydroxyl groups is 1. The summed E-state index contributed by atoms with van der Waals surface area (Å²) in [6, 6.07) is 0. The Bertz CT molecular complexity index is 562. The highest BCUT2D eigenvalue weighted by atomic mass is 32.1. The van der Waals surface area contributed by atoms with Crippen molar-refractivity contribution in [3.63, 3.8) is 0 Å². The molecule has 18 heavy (non-hydrogen) atoms. The molecular formula is C10H14N4O3S. The molecule has 98 valence electrons. The first-order valence-electron chi connectivity index (χ1n) is 5.52. The lowest BCUT2D eigenvalue weighted by atomic mass is 10.1. The topological polar surface area (TPSA) is 92.7 Å². The molecule has 2 rings (SSSR count). The van der Waals surface area contributed by atoms with Crippen LogP contribution < -0.4 is 5.32 Å². The fourth-order valence-electron chi connectivity index (χ4n) is 1.50. The van der Waals surface area contributed by atoms with Crippen molar-refractivity contribution in [1.82, 2.24) is 9.38 Å². The van der Waals surface area contributed by atoms with Crippen molar-refractivity contribution in [1.29, 1.82) is 0 Å². The van der Waals surface area contributed by atoms with Gasteiger partial charge in [0.15, 0.2) is 0 Å². The Kier molecular flexibility index (Phi) is 3.48. The lowest BCUT2D eigenvalue weighted by Crippen LogP contribution is -2.25. The molecule has 0 amide bonds.